The molecule has 94 valence electrons. The molecule has 0 bridgehead atoms. The maximum Gasteiger partial charge on any atom is 0.356 e. The SMILES string of the molecule is O=C(O)c1cnc(NCCCOCCO)cn1. The van der Waals surface area contributed by atoms with E-state index in [0.717, 1.165) is 6.42 Å². The number of anilines is 1. The Labute approximate surface area is 98.5 Å². The summed E-state index contributed by atoms with van der Waals surface area (Å²) in [5.74, 6) is -0.571. The summed E-state index contributed by atoms with van der Waals surface area (Å²) >= 11 is 0. The van der Waals surface area contributed by atoms with Crippen LogP contribution in [0.3, 0.4) is 0 Å². The first-order chi connectivity index (χ1) is 8.24. The number of aliphatic hydroxyl groups excluding tert-OH is 1. The Morgan fingerprint density at radius 1 is 1.35 bits per heavy atom. The van der Waals surface area contributed by atoms with Crippen LogP contribution in [-0.4, -0.2) is 52.5 Å². The number of nitrogens with zero attached hydrogens (tertiary/aromatic N) is 2. The number of carbonyl (C=O) groups is 1. The van der Waals surface area contributed by atoms with Crippen molar-refractivity contribution in [2.75, 3.05) is 31.7 Å². The summed E-state index contributed by atoms with van der Waals surface area (Å²) in [6.07, 6.45) is 3.34. The Kier molecular flexibility index (Phi) is 5.91. The van der Waals surface area contributed by atoms with Gasteiger partial charge in [0.15, 0.2) is 5.69 Å². The molecule has 0 atom stereocenters. The van der Waals surface area contributed by atoms with Gasteiger partial charge in [-0.25, -0.2) is 14.8 Å². The van der Waals surface area contributed by atoms with E-state index in [0.29, 0.717) is 25.6 Å². The van der Waals surface area contributed by atoms with Gasteiger partial charge in [0.25, 0.3) is 0 Å². The molecule has 1 aromatic heterocycles. The Morgan fingerprint density at radius 3 is 2.76 bits per heavy atom. The van der Waals surface area contributed by atoms with E-state index in [2.05, 4.69) is 15.3 Å². The fourth-order valence-electron chi connectivity index (χ4n) is 1.09. The topological polar surface area (TPSA) is 105 Å². The predicted octanol–water partition coefficient (Wildman–Crippen LogP) is -0.0143. The fourth-order valence-corrected chi connectivity index (χ4v) is 1.09. The molecule has 17 heavy (non-hydrogen) atoms. The minimum Gasteiger partial charge on any atom is -0.476 e. The molecule has 0 aromatic carbocycles. The summed E-state index contributed by atoms with van der Waals surface area (Å²) in [5, 5.41) is 20.1. The first-order valence-electron chi connectivity index (χ1n) is 5.22. The monoisotopic (exact) mass is 241 g/mol. The number of carboxylic acids is 1. The van der Waals surface area contributed by atoms with Gasteiger partial charge in [-0.1, -0.05) is 0 Å². The highest BCUT2D eigenvalue weighted by Crippen LogP contribution is 2.00. The second-order valence-corrected chi connectivity index (χ2v) is 3.21. The highest BCUT2D eigenvalue weighted by atomic mass is 16.5. The Balaban J connectivity index is 2.21. The lowest BCUT2D eigenvalue weighted by Gasteiger charge is -2.05. The number of nitrogens with one attached hydrogen (secondary N) is 1. The van der Waals surface area contributed by atoms with E-state index in [1.165, 1.54) is 12.4 Å². The van der Waals surface area contributed by atoms with Crippen molar-refractivity contribution >= 4 is 11.8 Å². The van der Waals surface area contributed by atoms with Gasteiger partial charge in [-0.05, 0) is 6.42 Å². The van der Waals surface area contributed by atoms with Crippen molar-refractivity contribution in [2.45, 2.75) is 6.42 Å². The number of hydrogen-bond donors (Lipinski definition) is 3. The molecule has 3 N–H and O–H groups in total. The molecular weight excluding hydrogens is 226 g/mol. The molecular formula is C10H15N3O4. The van der Waals surface area contributed by atoms with E-state index in [1.54, 1.807) is 0 Å². The largest absolute Gasteiger partial charge is 0.476 e. The lowest BCUT2D eigenvalue weighted by molar-refractivity contribution is 0.0690. The fraction of sp³-hybridized carbons (Fsp3) is 0.500. The molecule has 0 saturated heterocycles. The van der Waals surface area contributed by atoms with Crippen LogP contribution in [0.15, 0.2) is 12.4 Å². The number of aromatic nitrogens is 2. The number of ether oxygens (including phenoxy) is 1. The molecule has 0 unspecified atom stereocenters. The van der Waals surface area contributed by atoms with Crippen LogP contribution in [-0.2, 0) is 4.74 Å². The van der Waals surface area contributed by atoms with Crippen LogP contribution in [0.1, 0.15) is 16.9 Å². The number of hydrogen-bond acceptors (Lipinski definition) is 6. The molecule has 0 fully saturated rings. The minimum atomic E-state index is -1.10. The first-order valence-corrected chi connectivity index (χ1v) is 5.22. The Hall–Kier alpha value is -1.73. The lowest BCUT2D eigenvalue weighted by atomic mass is 10.4. The van der Waals surface area contributed by atoms with Gasteiger partial charge in [0, 0.05) is 13.2 Å². The number of rotatable bonds is 8. The zero-order valence-electron chi connectivity index (χ0n) is 9.30. The van der Waals surface area contributed by atoms with Crippen LogP contribution in [0, 0.1) is 0 Å². The number of aromatic carboxylic acids is 1. The highest BCUT2D eigenvalue weighted by Gasteiger charge is 2.03. The van der Waals surface area contributed by atoms with Gasteiger partial charge in [0.1, 0.15) is 5.82 Å². The molecule has 1 aromatic rings. The quantitative estimate of drug-likeness (QED) is 0.549. The maximum atomic E-state index is 10.5. The summed E-state index contributed by atoms with van der Waals surface area (Å²) < 4.78 is 5.07. The van der Waals surface area contributed by atoms with Crippen LogP contribution >= 0.6 is 0 Å². The Bertz CT molecular complexity index is 342. The average Bonchev–Trinajstić information content (AvgIpc) is 2.34. The third-order valence-electron chi connectivity index (χ3n) is 1.88. The van der Waals surface area contributed by atoms with Gasteiger partial charge in [0.2, 0.25) is 0 Å². The van der Waals surface area contributed by atoms with Crippen LogP contribution in [0.25, 0.3) is 0 Å². The molecule has 1 rings (SSSR count). The summed E-state index contributed by atoms with van der Waals surface area (Å²) in [6.45, 7) is 1.56. The molecule has 7 heteroatoms. The van der Waals surface area contributed by atoms with Gasteiger partial charge in [-0.15, -0.1) is 0 Å². The number of aliphatic hydroxyl groups is 1. The van der Waals surface area contributed by atoms with Gasteiger partial charge in [-0.2, -0.15) is 0 Å². The molecule has 0 aliphatic carbocycles. The molecule has 0 aliphatic rings. The van der Waals surface area contributed by atoms with Crippen molar-refractivity contribution in [3.05, 3.63) is 18.1 Å². The van der Waals surface area contributed by atoms with Crippen molar-refractivity contribution in [3.8, 4) is 0 Å². The summed E-state index contributed by atoms with van der Waals surface area (Å²) in [5.41, 5.74) is -0.0816. The van der Waals surface area contributed by atoms with E-state index in [-0.39, 0.29) is 12.3 Å². The normalized spacial score (nSPS) is 10.2. The third kappa shape index (κ3) is 5.23. The minimum absolute atomic E-state index is 0.0234. The maximum absolute atomic E-state index is 10.5. The Morgan fingerprint density at radius 2 is 2.18 bits per heavy atom. The summed E-state index contributed by atoms with van der Waals surface area (Å²) in [6, 6.07) is 0. The van der Waals surface area contributed by atoms with Gasteiger partial charge < -0.3 is 20.3 Å². The van der Waals surface area contributed by atoms with E-state index in [4.69, 9.17) is 14.9 Å². The van der Waals surface area contributed by atoms with Crippen molar-refractivity contribution in [1.29, 1.82) is 0 Å². The van der Waals surface area contributed by atoms with Crippen molar-refractivity contribution < 1.29 is 19.7 Å². The molecule has 0 spiro atoms. The second-order valence-electron chi connectivity index (χ2n) is 3.21. The van der Waals surface area contributed by atoms with Crippen molar-refractivity contribution in [3.63, 3.8) is 0 Å². The van der Waals surface area contributed by atoms with Gasteiger partial charge >= 0.3 is 5.97 Å². The molecule has 1 heterocycles. The van der Waals surface area contributed by atoms with Crippen LogP contribution in [0.4, 0.5) is 5.82 Å². The molecule has 7 nitrogen and oxygen atoms in total. The average molecular weight is 241 g/mol. The number of carboxylic acid groups (broad SMARTS) is 1. The first kappa shape index (κ1) is 13.3. The third-order valence-corrected chi connectivity index (χ3v) is 1.88. The van der Waals surface area contributed by atoms with Crippen LogP contribution < -0.4 is 5.32 Å². The van der Waals surface area contributed by atoms with E-state index < -0.39 is 5.97 Å². The molecule has 0 radical (unpaired) electrons. The smallest absolute Gasteiger partial charge is 0.356 e. The lowest BCUT2D eigenvalue weighted by Crippen LogP contribution is -2.09. The van der Waals surface area contributed by atoms with Crippen LogP contribution in [0.2, 0.25) is 0 Å². The highest BCUT2D eigenvalue weighted by molar-refractivity contribution is 5.84. The van der Waals surface area contributed by atoms with E-state index in [9.17, 15) is 4.79 Å². The van der Waals surface area contributed by atoms with E-state index >= 15 is 0 Å². The predicted molar refractivity (Wildman–Crippen MR) is 60.0 cm³/mol. The zero-order valence-corrected chi connectivity index (χ0v) is 9.30. The van der Waals surface area contributed by atoms with Crippen LogP contribution in [0.5, 0.6) is 0 Å². The zero-order chi connectivity index (χ0) is 12.5. The van der Waals surface area contributed by atoms with Gasteiger partial charge in [0.05, 0.1) is 25.6 Å². The van der Waals surface area contributed by atoms with Crippen molar-refractivity contribution in [2.24, 2.45) is 0 Å². The summed E-state index contributed by atoms with van der Waals surface area (Å²) in [7, 11) is 0. The molecule has 0 amide bonds. The van der Waals surface area contributed by atoms with Crippen molar-refractivity contribution in [1.82, 2.24) is 9.97 Å². The second kappa shape index (κ2) is 7.53. The summed E-state index contributed by atoms with van der Waals surface area (Å²) in [4.78, 5) is 18.1. The molecule has 0 aliphatic heterocycles. The molecule has 0 saturated carbocycles. The van der Waals surface area contributed by atoms with Gasteiger partial charge in [-0.3, -0.25) is 0 Å². The van der Waals surface area contributed by atoms with E-state index in [1.807, 2.05) is 0 Å². The standard InChI is InChI=1S/C10H15N3O4/c14-3-5-17-4-1-2-11-9-7-12-8(6-13-9)10(15)16/h6-7,14H,1-5H2,(H,11,13)(H,15,16).